The normalized spacial score (nSPS) is 22.3. The Morgan fingerprint density at radius 2 is 1.04 bits per heavy atom. The zero-order valence-electron chi connectivity index (χ0n) is 27.8. The minimum Gasteiger partial charge on any atom is -0.374 e. The van der Waals surface area contributed by atoms with Crippen LogP contribution in [-0.4, -0.2) is 40.0 Å². The van der Waals surface area contributed by atoms with E-state index in [2.05, 4.69) is 0 Å². The zero-order chi connectivity index (χ0) is 34.7. The summed E-state index contributed by atoms with van der Waals surface area (Å²) < 4.78 is 45.9. The largest absolute Gasteiger partial charge is 0.472 e. The minimum atomic E-state index is -5.19. The van der Waals surface area contributed by atoms with Gasteiger partial charge in [-0.05, 0) is 27.8 Å². The molecule has 0 amide bonds. The van der Waals surface area contributed by atoms with Crippen LogP contribution < -0.4 is 0 Å². The van der Waals surface area contributed by atoms with Gasteiger partial charge in [0.2, 0.25) is 5.79 Å². The first-order valence-corrected chi connectivity index (χ1v) is 18.3. The number of benzene rings is 5. The molecular formula is C41H43O8P. The van der Waals surface area contributed by atoms with Crippen molar-refractivity contribution in [3.8, 4) is 0 Å². The first-order valence-electron chi connectivity index (χ1n) is 16.8. The molecule has 0 spiro atoms. The van der Waals surface area contributed by atoms with Crippen molar-refractivity contribution in [2.45, 2.75) is 62.7 Å². The SMILES string of the molecule is O=P(O)(O)O[C@@]1(Cc2ccccc2)O[C@H](COCc2ccccc2)[C@@H](OCc2ccccc2)C[C@@]1(Cc1ccccc1)OCc1ccccc1. The third-order valence-electron chi connectivity index (χ3n) is 8.92. The predicted molar refractivity (Wildman–Crippen MR) is 191 cm³/mol. The highest BCUT2D eigenvalue weighted by molar-refractivity contribution is 7.46. The lowest BCUT2D eigenvalue weighted by molar-refractivity contribution is -0.369. The molecule has 0 aliphatic carbocycles. The third kappa shape index (κ3) is 9.63. The van der Waals surface area contributed by atoms with E-state index >= 15 is 0 Å². The Balaban J connectivity index is 1.45. The summed E-state index contributed by atoms with van der Waals surface area (Å²) >= 11 is 0. The van der Waals surface area contributed by atoms with Gasteiger partial charge in [-0.15, -0.1) is 0 Å². The molecule has 0 aromatic heterocycles. The zero-order valence-corrected chi connectivity index (χ0v) is 28.7. The fourth-order valence-corrected chi connectivity index (χ4v) is 7.19. The number of hydrogen-bond donors (Lipinski definition) is 2. The average Bonchev–Trinajstić information content (AvgIpc) is 3.13. The van der Waals surface area contributed by atoms with Crippen LogP contribution in [0.4, 0.5) is 0 Å². The predicted octanol–water partition coefficient (Wildman–Crippen LogP) is 7.82. The second-order valence-corrected chi connectivity index (χ2v) is 13.8. The van der Waals surface area contributed by atoms with E-state index in [0.717, 1.165) is 27.8 Å². The molecule has 1 saturated heterocycles. The Hall–Kier alpha value is -3.95. The van der Waals surface area contributed by atoms with Crippen molar-refractivity contribution in [1.29, 1.82) is 0 Å². The lowest BCUT2D eigenvalue weighted by atomic mass is 9.75. The molecule has 2 N–H and O–H groups in total. The van der Waals surface area contributed by atoms with E-state index < -0.39 is 31.4 Å². The van der Waals surface area contributed by atoms with Gasteiger partial charge in [0, 0.05) is 19.3 Å². The van der Waals surface area contributed by atoms with E-state index in [1.165, 1.54) is 0 Å². The third-order valence-corrected chi connectivity index (χ3v) is 9.45. The fourth-order valence-electron chi connectivity index (χ4n) is 6.54. The summed E-state index contributed by atoms with van der Waals surface area (Å²) in [5.74, 6) is -1.97. The van der Waals surface area contributed by atoms with Gasteiger partial charge in [0.1, 0.15) is 11.7 Å². The van der Waals surface area contributed by atoms with Gasteiger partial charge < -0.3 is 28.7 Å². The van der Waals surface area contributed by atoms with Gasteiger partial charge in [0.15, 0.2) is 0 Å². The van der Waals surface area contributed by atoms with Crippen LogP contribution in [0.15, 0.2) is 152 Å². The molecule has 260 valence electrons. The molecule has 8 nitrogen and oxygen atoms in total. The monoisotopic (exact) mass is 694 g/mol. The molecule has 1 aliphatic heterocycles. The molecule has 0 bridgehead atoms. The summed E-state index contributed by atoms with van der Waals surface area (Å²) in [4.78, 5) is 21.2. The van der Waals surface area contributed by atoms with Gasteiger partial charge >= 0.3 is 7.82 Å². The van der Waals surface area contributed by atoms with Crippen LogP contribution in [-0.2, 0) is 60.7 Å². The number of ether oxygens (including phenoxy) is 4. The Bertz CT molecular complexity index is 1770. The van der Waals surface area contributed by atoms with E-state index in [1.807, 2.05) is 152 Å². The molecule has 0 saturated carbocycles. The molecule has 50 heavy (non-hydrogen) atoms. The second kappa shape index (κ2) is 16.8. The standard InChI is InChI=1S/C41H43O8P/c42-50(43,44)49-41(27-34-18-8-2-9-19-34)40(26-33-16-6-1-7-17-33,47-31-37-24-14-5-15-25-37)28-38(46-30-36-22-12-4-13-23-36)39(48-41)32-45-29-35-20-10-3-11-21-35/h1-25,38-39H,26-32H2,(H2,42,43,44)/t38-,39+,40+,41+/m0/s1. The summed E-state index contributed by atoms with van der Waals surface area (Å²) in [6, 6.07) is 48.4. The summed E-state index contributed by atoms with van der Waals surface area (Å²) in [7, 11) is -5.19. The van der Waals surface area contributed by atoms with Crippen LogP contribution in [0.25, 0.3) is 0 Å². The van der Waals surface area contributed by atoms with E-state index in [9.17, 15) is 14.4 Å². The Morgan fingerprint density at radius 3 is 1.54 bits per heavy atom. The summed E-state index contributed by atoms with van der Waals surface area (Å²) in [5.41, 5.74) is 3.04. The first-order chi connectivity index (χ1) is 24.3. The van der Waals surface area contributed by atoms with Crippen molar-refractivity contribution in [1.82, 2.24) is 0 Å². The van der Waals surface area contributed by atoms with Crippen LogP contribution in [0.1, 0.15) is 34.2 Å². The van der Waals surface area contributed by atoms with Crippen molar-refractivity contribution in [2.24, 2.45) is 0 Å². The Kier molecular flexibility index (Phi) is 12.1. The smallest absolute Gasteiger partial charge is 0.374 e. The quantitative estimate of drug-likeness (QED) is 0.101. The molecule has 4 atom stereocenters. The number of hydrogen-bond acceptors (Lipinski definition) is 6. The van der Waals surface area contributed by atoms with Crippen LogP contribution in [0.2, 0.25) is 0 Å². The van der Waals surface area contributed by atoms with Crippen molar-refractivity contribution in [3.63, 3.8) is 0 Å². The Morgan fingerprint density at radius 1 is 0.600 bits per heavy atom. The molecule has 1 heterocycles. The minimum absolute atomic E-state index is 0.0127. The van der Waals surface area contributed by atoms with E-state index in [4.69, 9.17) is 23.5 Å². The highest BCUT2D eigenvalue weighted by Crippen LogP contribution is 2.54. The summed E-state index contributed by atoms with van der Waals surface area (Å²) in [6.45, 7) is 0.820. The van der Waals surface area contributed by atoms with Crippen LogP contribution in [0.3, 0.4) is 0 Å². The molecule has 1 aliphatic rings. The number of phosphoric acid groups is 1. The number of rotatable bonds is 16. The molecule has 6 rings (SSSR count). The van der Waals surface area contributed by atoms with Crippen molar-refractivity contribution >= 4 is 7.82 Å². The molecule has 5 aromatic rings. The van der Waals surface area contributed by atoms with Crippen molar-refractivity contribution in [2.75, 3.05) is 6.61 Å². The maximum Gasteiger partial charge on any atom is 0.472 e. The van der Waals surface area contributed by atoms with Gasteiger partial charge in [-0.25, -0.2) is 4.57 Å². The van der Waals surface area contributed by atoms with E-state index in [0.29, 0.717) is 6.61 Å². The molecular weight excluding hydrogens is 651 g/mol. The summed E-state index contributed by atoms with van der Waals surface area (Å²) in [6.07, 6.45) is -0.984. The van der Waals surface area contributed by atoms with E-state index in [-0.39, 0.29) is 39.1 Å². The number of phosphoric ester groups is 1. The Labute approximate surface area is 293 Å². The van der Waals surface area contributed by atoms with Gasteiger partial charge in [-0.3, -0.25) is 4.52 Å². The molecule has 0 radical (unpaired) electrons. The topological polar surface area (TPSA) is 104 Å². The lowest BCUT2D eigenvalue weighted by Crippen LogP contribution is -2.69. The fraction of sp³-hybridized carbons (Fsp3) is 0.268. The van der Waals surface area contributed by atoms with Gasteiger partial charge in [-0.2, -0.15) is 0 Å². The molecule has 0 unspecified atom stereocenters. The molecule has 5 aromatic carbocycles. The highest BCUT2D eigenvalue weighted by Gasteiger charge is 2.63. The van der Waals surface area contributed by atoms with E-state index in [1.54, 1.807) is 0 Å². The maximum atomic E-state index is 13.1. The van der Waals surface area contributed by atoms with Crippen molar-refractivity contribution < 1.29 is 37.8 Å². The van der Waals surface area contributed by atoms with Gasteiger partial charge in [0.05, 0.1) is 32.5 Å². The second-order valence-electron chi connectivity index (χ2n) is 12.6. The molecule has 9 heteroatoms. The highest BCUT2D eigenvalue weighted by atomic mass is 31.2. The van der Waals surface area contributed by atoms with Crippen LogP contribution in [0.5, 0.6) is 0 Å². The summed E-state index contributed by atoms with van der Waals surface area (Å²) in [5, 5.41) is 0. The van der Waals surface area contributed by atoms with Crippen LogP contribution in [0, 0.1) is 0 Å². The first kappa shape index (κ1) is 35.9. The maximum absolute atomic E-state index is 13.1. The van der Waals surface area contributed by atoms with Gasteiger partial charge in [0.25, 0.3) is 0 Å². The van der Waals surface area contributed by atoms with Crippen molar-refractivity contribution in [3.05, 3.63) is 179 Å². The van der Waals surface area contributed by atoms with Crippen LogP contribution >= 0.6 is 7.82 Å². The average molecular weight is 695 g/mol. The van der Waals surface area contributed by atoms with Gasteiger partial charge in [-0.1, -0.05) is 152 Å². The molecule has 1 fully saturated rings. The lowest BCUT2D eigenvalue weighted by Gasteiger charge is -2.56.